The number of benzene rings is 2. The van der Waals surface area contributed by atoms with Gasteiger partial charge in [0.2, 0.25) is 15.9 Å². The summed E-state index contributed by atoms with van der Waals surface area (Å²) in [6, 6.07) is 14.9. The lowest BCUT2D eigenvalue weighted by Crippen LogP contribution is -2.38. The highest BCUT2D eigenvalue weighted by molar-refractivity contribution is 7.89. The number of para-hydroxylation sites is 2. The van der Waals surface area contributed by atoms with Gasteiger partial charge in [-0.1, -0.05) is 49.6 Å². The summed E-state index contributed by atoms with van der Waals surface area (Å²) in [4.78, 5) is 24.4. The van der Waals surface area contributed by atoms with Gasteiger partial charge in [-0.05, 0) is 37.1 Å². The Morgan fingerprint density at radius 2 is 1.59 bits per heavy atom. The molecule has 1 aliphatic carbocycles. The summed E-state index contributed by atoms with van der Waals surface area (Å²) >= 11 is 0. The van der Waals surface area contributed by atoms with Gasteiger partial charge in [-0.2, -0.15) is 4.31 Å². The van der Waals surface area contributed by atoms with E-state index in [9.17, 15) is 18.0 Å². The van der Waals surface area contributed by atoms with E-state index < -0.39 is 16.1 Å². The lowest BCUT2D eigenvalue weighted by Gasteiger charge is -2.30. The van der Waals surface area contributed by atoms with Gasteiger partial charge in [0, 0.05) is 31.7 Å². The average molecular weight is 459 g/mol. The Morgan fingerprint density at radius 1 is 0.938 bits per heavy atom. The van der Waals surface area contributed by atoms with Crippen LogP contribution >= 0.6 is 0 Å². The van der Waals surface area contributed by atoms with Crippen LogP contribution in [0.4, 0.5) is 16.2 Å². The molecule has 0 aromatic heterocycles. The molecule has 32 heavy (non-hydrogen) atoms. The molecular formula is C23H30N4O4S. The SMILES string of the molecule is CN(C1CCCCC1)S(=O)(=O)c1ccccc1NC(=O)CCNC(=O)Nc1ccccc1. The fourth-order valence-electron chi connectivity index (χ4n) is 3.79. The number of nitrogens with one attached hydrogen (secondary N) is 3. The Hall–Kier alpha value is -2.91. The Kier molecular flexibility index (Phi) is 8.24. The van der Waals surface area contributed by atoms with Crippen LogP contribution in [0.25, 0.3) is 0 Å². The van der Waals surface area contributed by atoms with Crippen LogP contribution in [-0.4, -0.2) is 44.3 Å². The van der Waals surface area contributed by atoms with E-state index >= 15 is 0 Å². The molecule has 0 aliphatic heterocycles. The number of sulfonamides is 1. The van der Waals surface area contributed by atoms with Gasteiger partial charge in [-0.25, -0.2) is 13.2 Å². The molecule has 1 saturated carbocycles. The molecule has 0 saturated heterocycles. The molecule has 2 aromatic rings. The standard InChI is InChI=1S/C23H30N4O4S/c1-27(19-12-6-3-7-13-19)32(30,31)21-15-9-8-14-20(21)26-22(28)16-17-24-23(29)25-18-10-4-2-5-11-18/h2,4-5,8-11,14-15,19H,3,6-7,12-13,16-17H2,1H3,(H,26,28)(H2,24,25,29). The molecule has 3 amide bonds. The van der Waals surface area contributed by atoms with Gasteiger partial charge in [0.1, 0.15) is 4.90 Å². The number of amides is 3. The molecule has 2 aromatic carbocycles. The highest BCUT2D eigenvalue weighted by Gasteiger charge is 2.30. The second-order valence-electron chi connectivity index (χ2n) is 7.85. The summed E-state index contributed by atoms with van der Waals surface area (Å²) < 4.78 is 27.9. The first-order chi connectivity index (χ1) is 15.4. The van der Waals surface area contributed by atoms with Crippen molar-refractivity contribution < 1.29 is 18.0 Å². The number of carbonyl (C=O) groups is 2. The minimum Gasteiger partial charge on any atom is -0.337 e. The number of hydrogen-bond donors (Lipinski definition) is 3. The topological polar surface area (TPSA) is 108 Å². The van der Waals surface area contributed by atoms with Crippen LogP contribution in [0.1, 0.15) is 38.5 Å². The smallest absolute Gasteiger partial charge is 0.319 e. The van der Waals surface area contributed by atoms with Crippen molar-refractivity contribution in [1.29, 1.82) is 0 Å². The second kappa shape index (κ2) is 11.1. The van der Waals surface area contributed by atoms with E-state index in [0.717, 1.165) is 32.1 Å². The number of rotatable bonds is 8. The zero-order valence-corrected chi connectivity index (χ0v) is 19.0. The highest BCUT2D eigenvalue weighted by Crippen LogP contribution is 2.29. The number of hydrogen-bond acceptors (Lipinski definition) is 4. The summed E-state index contributed by atoms with van der Waals surface area (Å²) in [7, 11) is -2.13. The van der Waals surface area contributed by atoms with Crippen LogP contribution in [-0.2, 0) is 14.8 Å². The third kappa shape index (κ3) is 6.30. The van der Waals surface area contributed by atoms with Crippen LogP contribution < -0.4 is 16.0 Å². The van der Waals surface area contributed by atoms with Crippen molar-refractivity contribution in [2.45, 2.75) is 49.5 Å². The molecule has 0 heterocycles. The first-order valence-corrected chi connectivity index (χ1v) is 12.3. The van der Waals surface area contributed by atoms with Gasteiger partial charge in [0.05, 0.1) is 5.69 Å². The third-order valence-electron chi connectivity index (χ3n) is 5.58. The van der Waals surface area contributed by atoms with E-state index in [1.165, 1.54) is 10.4 Å². The molecule has 0 bridgehead atoms. The van der Waals surface area contributed by atoms with Crippen molar-refractivity contribution in [2.24, 2.45) is 0 Å². The van der Waals surface area contributed by atoms with E-state index in [1.54, 1.807) is 49.5 Å². The van der Waals surface area contributed by atoms with Gasteiger partial charge in [0.15, 0.2) is 0 Å². The Balaban J connectivity index is 1.57. The van der Waals surface area contributed by atoms with Crippen molar-refractivity contribution in [1.82, 2.24) is 9.62 Å². The van der Waals surface area contributed by atoms with Crippen LogP contribution in [0.3, 0.4) is 0 Å². The maximum absolute atomic E-state index is 13.2. The van der Waals surface area contributed by atoms with Crippen LogP contribution in [0.5, 0.6) is 0 Å². The molecule has 0 unspecified atom stereocenters. The Bertz CT molecular complexity index is 1020. The van der Waals surface area contributed by atoms with E-state index in [0.29, 0.717) is 5.69 Å². The normalized spacial score (nSPS) is 14.7. The Morgan fingerprint density at radius 3 is 2.31 bits per heavy atom. The number of nitrogens with zero attached hydrogens (tertiary/aromatic N) is 1. The summed E-state index contributed by atoms with van der Waals surface area (Å²) in [6.07, 6.45) is 4.88. The van der Waals surface area contributed by atoms with Gasteiger partial charge < -0.3 is 16.0 Å². The summed E-state index contributed by atoms with van der Waals surface area (Å²) in [5, 5.41) is 7.97. The number of carbonyl (C=O) groups excluding carboxylic acids is 2. The quantitative estimate of drug-likeness (QED) is 0.559. The summed E-state index contributed by atoms with van der Waals surface area (Å²) in [6.45, 7) is 0.112. The summed E-state index contributed by atoms with van der Waals surface area (Å²) in [5.74, 6) is -0.381. The van der Waals surface area contributed by atoms with Gasteiger partial charge in [0.25, 0.3) is 0 Å². The van der Waals surface area contributed by atoms with Gasteiger partial charge in [-0.3, -0.25) is 4.79 Å². The molecule has 8 nitrogen and oxygen atoms in total. The van der Waals surface area contributed by atoms with E-state index in [4.69, 9.17) is 0 Å². The first kappa shape index (κ1) is 23.7. The number of anilines is 2. The molecule has 0 atom stereocenters. The first-order valence-electron chi connectivity index (χ1n) is 10.8. The maximum Gasteiger partial charge on any atom is 0.319 e. The highest BCUT2D eigenvalue weighted by atomic mass is 32.2. The molecule has 9 heteroatoms. The predicted molar refractivity (Wildman–Crippen MR) is 125 cm³/mol. The molecule has 0 radical (unpaired) electrons. The van der Waals surface area contributed by atoms with Crippen molar-refractivity contribution >= 4 is 33.3 Å². The zero-order valence-electron chi connectivity index (χ0n) is 18.2. The molecule has 3 rings (SSSR count). The third-order valence-corrected chi connectivity index (χ3v) is 7.54. The molecule has 1 fully saturated rings. The van der Waals surface area contributed by atoms with Crippen molar-refractivity contribution in [3.63, 3.8) is 0 Å². The Labute approximate surface area is 189 Å². The molecule has 3 N–H and O–H groups in total. The molecule has 1 aliphatic rings. The van der Waals surface area contributed by atoms with Gasteiger partial charge in [-0.15, -0.1) is 0 Å². The average Bonchev–Trinajstić information content (AvgIpc) is 2.80. The van der Waals surface area contributed by atoms with Crippen LogP contribution in [0, 0.1) is 0 Å². The van der Waals surface area contributed by atoms with Crippen LogP contribution in [0.15, 0.2) is 59.5 Å². The maximum atomic E-state index is 13.2. The van der Waals surface area contributed by atoms with E-state index in [2.05, 4.69) is 16.0 Å². The molecule has 172 valence electrons. The lowest BCUT2D eigenvalue weighted by molar-refractivity contribution is -0.116. The number of urea groups is 1. The minimum absolute atomic E-state index is 0.00898. The zero-order chi connectivity index (χ0) is 23.0. The fourth-order valence-corrected chi connectivity index (χ4v) is 5.35. The lowest BCUT2D eigenvalue weighted by atomic mass is 9.96. The van der Waals surface area contributed by atoms with E-state index in [1.807, 2.05) is 6.07 Å². The van der Waals surface area contributed by atoms with Gasteiger partial charge >= 0.3 is 6.03 Å². The monoisotopic (exact) mass is 458 g/mol. The molecule has 0 spiro atoms. The van der Waals surface area contributed by atoms with Crippen molar-refractivity contribution in [2.75, 3.05) is 24.2 Å². The predicted octanol–water partition coefficient (Wildman–Crippen LogP) is 3.79. The fraction of sp³-hybridized carbons (Fsp3) is 0.391. The second-order valence-corrected chi connectivity index (χ2v) is 9.82. The molecular weight excluding hydrogens is 428 g/mol. The van der Waals surface area contributed by atoms with Crippen molar-refractivity contribution in [3.8, 4) is 0 Å². The summed E-state index contributed by atoms with van der Waals surface area (Å²) in [5.41, 5.74) is 0.893. The minimum atomic E-state index is -3.74. The van der Waals surface area contributed by atoms with Crippen LogP contribution in [0.2, 0.25) is 0 Å². The van der Waals surface area contributed by atoms with E-state index in [-0.39, 0.29) is 35.5 Å². The van der Waals surface area contributed by atoms with Crippen molar-refractivity contribution in [3.05, 3.63) is 54.6 Å². The largest absolute Gasteiger partial charge is 0.337 e.